The van der Waals surface area contributed by atoms with E-state index in [9.17, 15) is 9.90 Å². The molecule has 1 amide bonds. The molecule has 9 heteroatoms. The number of nitrogens with one attached hydrogen (secondary N) is 3. The molecule has 1 saturated carbocycles. The molecule has 0 radical (unpaired) electrons. The predicted octanol–water partition coefficient (Wildman–Crippen LogP) is 3.54. The third kappa shape index (κ3) is 4.96. The number of thiophene rings is 2. The van der Waals surface area contributed by atoms with Gasteiger partial charge in [-0.2, -0.15) is 0 Å². The molecule has 7 nitrogen and oxygen atoms in total. The summed E-state index contributed by atoms with van der Waals surface area (Å²) in [6.45, 7) is 3.72. The molecule has 3 aromatic rings. The van der Waals surface area contributed by atoms with Crippen molar-refractivity contribution in [3.63, 3.8) is 0 Å². The van der Waals surface area contributed by atoms with Gasteiger partial charge in [-0.3, -0.25) is 4.79 Å². The molecule has 1 saturated heterocycles. The number of aliphatic hydroxyl groups is 1. The van der Waals surface area contributed by atoms with E-state index in [2.05, 4.69) is 16.0 Å². The highest BCUT2D eigenvalue weighted by Gasteiger charge is 2.29. The molecule has 32 heavy (non-hydrogen) atoms. The van der Waals surface area contributed by atoms with Crippen LogP contribution in [0.4, 0.5) is 5.82 Å². The molecule has 0 aromatic carbocycles. The van der Waals surface area contributed by atoms with Crippen molar-refractivity contribution >= 4 is 44.6 Å². The van der Waals surface area contributed by atoms with Crippen molar-refractivity contribution in [3.05, 3.63) is 39.2 Å². The molecule has 4 N–H and O–H groups in total. The number of hydrogen-bond donors (Lipinski definition) is 4. The molecule has 1 aliphatic heterocycles. The molecule has 0 spiro atoms. The Balaban J connectivity index is 1.29. The Hall–Kier alpha value is -2.07. The Labute approximate surface area is 195 Å². The number of amides is 1. The van der Waals surface area contributed by atoms with Crippen LogP contribution in [-0.4, -0.2) is 51.8 Å². The summed E-state index contributed by atoms with van der Waals surface area (Å²) in [5.74, 6) is 1.63. The highest BCUT2D eigenvalue weighted by Crippen LogP contribution is 2.32. The van der Waals surface area contributed by atoms with E-state index < -0.39 is 5.60 Å². The number of carbonyl (C=O) groups excluding carboxylic acids is 1. The quantitative estimate of drug-likeness (QED) is 0.439. The minimum atomic E-state index is -0.551. The number of aromatic nitrogens is 2. The van der Waals surface area contributed by atoms with Gasteiger partial charge in [-0.25, -0.2) is 9.97 Å². The molecule has 4 heterocycles. The van der Waals surface area contributed by atoms with Gasteiger partial charge in [0.25, 0.3) is 5.91 Å². The number of carbonyl (C=O) groups is 1. The number of nitrogens with zero attached hydrogens (tertiary/aromatic N) is 2. The lowest BCUT2D eigenvalue weighted by atomic mass is 9.84. The molecule has 1 atom stereocenters. The lowest BCUT2D eigenvalue weighted by Crippen LogP contribution is -2.36. The van der Waals surface area contributed by atoms with Gasteiger partial charge in [-0.05, 0) is 63.1 Å². The first-order valence-electron chi connectivity index (χ1n) is 11.3. The van der Waals surface area contributed by atoms with E-state index >= 15 is 0 Å². The van der Waals surface area contributed by atoms with Crippen molar-refractivity contribution in [2.24, 2.45) is 0 Å². The number of fused-ring (bicyclic) bond motifs is 1. The van der Waals surface area contributed by atoms with E-state index in [1.807, 2.05) is 29.8 Å². The van der Waals surface area contributed by atoms with Crippen LogP contribution in [0.3, 0.4) is 0 Å². The van der Waals surface area contributed by atoms with E-state index in [0.717, 1.165) is 71.9 Å². The fraction of sp³-hybridized carbons (Fsp3) is 0.522. The van der Waals surface area contributed by atoms with Crippen molar-refractivity contribution in [2.75, 3.05) is 18.4 Å². The van der Waals surface area contributed by atoms with Gasteiger partial charge in [0.1, 0.15) is 11.6 Å². The van der Waals surface area contributed by atoms with Gasteiger partial charge in [-0.15, -0.1) is 22.7 Å². The average Bonchev–Trinajstić information content (AvgIpc) is 3.51. The van der Waals surface area contributed by atoms with Gasteiger partial charge >= 0.3 is 0 Å². The largest absolute Gasteiger partial charge is 0.390 e. The molecule has 2 aliphatic rings. The van der Waals surface area contributed by atoms with Crippen molar-refractivity contribution in [3.8, 4) is 0 Å². The van der Waals surface area contributed by atoms with Crippen LogP contribution >= 0.6 is 22.7 Å². The van der Waals surface area contributed by atoms with Gasteiger partial charge in [0.15, 0.2) is 0 Å². The second-order valence-corrected chi connectivity index (χ2v) is 11.1. The van der Waals surface area contributed by atoms with Crippen LogP contribution in [0.5, 0.6) is 0 Å². The standard InChI is InChI=1S/C23H29N5O2S2/c1-23(30)6-2-15(3-7-23)25-21-20-18(5-9-31-20)27-19(28-21)11-17-10-14(13-32-17)22(29)26-16-4-8-24-12-16/h5,9-10,13,15-16,24,30H,2-4,6-8,11-12H2,1H3,(H,26,29)(H,25,27,28)/t15?,16-,23?/m0/s1. The average molecular weight is 472 g/mol. The van der Waals surface area contributed by atoms with Gasteiger partial charge in [0.05, 0.1) is 21.4 Å². The second kappa shape index (κ2) is 9.05. The highest BCUT2D eigenvalue weighted by atomic mass is 32.1. The van der Waals surface area contributed by atoms with E-state index in [0.29, 0.717) is 18.0 Å². The molecular weight excluding hydrogens is 442 g/mol. The van der Waals surface area contributed by atoms with Crippen LogP contribution in [0, 0.1) is 0 Å². The van der Waals surface area contributed by atoms with Crippen molar-refractivity contribution in [1.29, 1.82) is 0 Å². The first-order valence-corrected chi connectivity index (χ1v) is 13.0. The van der Waals surface area contributed by atoms with Crippen LogP contribution in [0.2, 0.25) is 0 Å². The molecule has 3 aromatic heterocycles. The summed E-state index contributed by atoms with van der Waals surface area (Å²) in [4.78, 5) is 23.2. The van der Waals surface area contributed by atoms with Crippen molar-refractivity contribution < 1.29 is 9.90 Å². The Morgan fingerprint density at radius 1 is 1.25 bits per heavy atom. The SMILES string of the molecule is CC1(O)CCC(Nc2nc(Cc3cc(C(=O)N[C@H]4CCNC4)cs3)nc3ccsc23)CC1. The normalized spacial score (nSPS) is 25.8. The zero-order valence-electron chi connectivity index (χ0n) is 18.2. The third-order valence-corrected chi connectivity index (χ3v) is 8.24. The van der Waals surface area contributed by atoms with Gasteiger partial charge in [0.2, 0.25) is 0 Å². The second-order valence-electron chi connectivity index (χ2n) is 9.18. The van der Waals surface area contributed by atoms with E-state index in [1.54, 1.807) is 22.7 Å². The summed E-state index contributed by atoms with van der Waals surface area (Å²) in [5, 5.41) is 24.2. The maximum Gasteiger partial charge on any atom is 0.252 e. The van der Waals surface area contributed by atoms with Gasteiger partial charge < -0.3 is 21.1 Å². The minimum Gasteiger partial charge on any atom is -0.390 e. The highest BCUT2D eigenvalue weighted by molar-refractivity contribution is 7.17. The summed E-state index contributed by atoms with van der Waals surface area (Å²) in [6.07, 6.45) is 5.03. The molecular formula is C23H29N5O2S2. The molecule has 170 valence electrons. The van der Waals surface area contributed by atoms with Crippen molar-refractivity contribution in [1.82, 2.24) is 20.6 Å². The van der Waals surface area contributed by atoms with Crippen LogP contribution in [0.25, 0.3) is 10.2 Å². The Morgan fingerprint density at radius 3 is 2.88 bits per heavy atom. The molecule has 0 bridgehead atoms. The Bertz CT molecular complexity index is 1090. The van der Waals surface area contributed by atoms with Crippen LogP contribution in [-0.2, 0) is 6.42 Å². The molecule has 0 unspecified atom stereocenters. The monoisotopic (exact) mass is 471 g/mol. The first-order chi connectivity index (χ1) is 15.4. The number of hydrogen-bond acceptors (Lipinski definition) is 8. The fourth-order valence-corrected chi connectivity index (χ4v) is 6.11. The smallest absolute Gasteiger partial charge is 0.252 e. The van der Waals surface area contributed by atoms with Crippen molar-refractivity contribution in [2.45, 2.75) is 63.1 Å². The lowest BCUT2D eigenvalue weighted by molar-refractivity contribution is 0.0196. The van der Waals surface area contributed by atoms with E-state index in [-0.39, 0.29) is 11.9 Å². The maximum absolute atomic E-state index is 12.5. The molecule has 2 fully saturated rings. The predicted molar refractivity (Wildman–Crippen MR) is 130 cm³/mol. The van der Waals surface area contributed by atoms with Crippen LogP contribution < -0.4 is 16.0 Å². The van der Waals surface area contributed by atoms with Gasteiger partial charge in [0, 0.05) is 35.3 Å². The van der Waals surface area contributed by atoms with Crippen LogP contribution in [0.1, 0.15) is 60.1 Å². The fourth-order valence-electron chi connectivity index (χ4n) is 4.46. The molecule has 5 rings (SSSR count). The summed E-state index contributed by atoms with van der Waals surface area (Å²) in [5.41, 5.74) is 1.11. The zero-order chi connectivity index (χ0) is 22.1. The van der Waals surface area contributed by atoms with E-state index in [1.165, 1.54) is 0 Å². The van der Waals surface area contributed by atoms with Gasteiger partial charge in [-0.1, -0.05) is 0 Å². The summed E-state index contributed by atoms with van der Waals surface area (Å²) in [6, 6.07) is 4.52. The van der Waals surface area contributed by atoms with Crippen LogP contribution in [0.15, 0.2) is 22.9 Å². The summed E-state index contributed by atoms with van der Waals surface area (Å²) in [7, 11) is 0. The number of rotatable bonds is 6. The molecule has 1 aliphatic carbocycles. The maximum atomic E-state index is 12.5. The topological polar surface area (TPSA) is 99.2 Å². The third-order valence-electron chi connectivity index (χ3n) is 6.40. The Morgan fingerprint density at radius 2 is 2.09 bits per heavy atom. The summed E-state index contributed by atoms with van der Waals surface area (Å²) >= 11 is 3.23. The Kier molecular flexibility index (Phi) is 6.16. The summed E-state index contributed by atoms with van der Waals surface area (Å²) < 4.78 is 1.07. The zero-order valence-corrected chi connectivity index (χ0v) is 19.8. The lowest BCUT2D eigenvalue weighted by Gasteiger charge is -2.33. The minimum absolute atomic E-state index is 0.00839. The first kappa shape index (κ1) is 21.8. The van der Waals surface area contributed by atoms with E-state index in [4.69, 9.17) is 9.97 Å². The number of anilines is 1.